The number of carbonyl (C=O) groups is 1. The van der Waals surface area contributed by atoms with E-state index in [0.29, 0.717) is 28.4 Å². The summed E-state index contributed by atoms with van der Waals surface area (Å²) in [7, 11) is -1.33. The molecule has 0 bridgehead atoms. The Kier molecular flexibility index (Phi) is 7.24. The molecule has 4 atom stereocenters. The molecule has 2 aromatic carbocycles. The Labute approximate surface area is 233 Å². The Hall–Kier alpha value is -2.95. The van der Waals surface area contributed by atoms with Crippen LogP contribution < -0.4 is 15.2 Å². The number of carbonyl (C=O) groups excluding carboxylic acids is 1. The molecule has 0 aliphatic carbocycles. The summed E-state index contributed by atoms with van der Waals surface area (Å²) in [5, 5.41) is 10.2. The van der Waals surface area contributed by atoms with E-state index in [1.165, 1.54) is 11.7 Å². The molecule has 2 aliphatic rings. The van der Waals surface area contributed by atoms with E-state index in [-0.39, 0.29) is 41.8 Å². The Morgan fingerprint density at radius 2 is 1.90 bits per heavy atom. The molecule has 2 N–H and O–H groups in total. The van der Waals surface area contributed by atoms with Crippen LogP contribution in [0.3, 0.4) is 0 Å². The molecule has 0 unspecified atom stereocenters. The number of anilines is 1. The molecule has 8 nitrogen and oxygen atoms in total. The van der Waals surface area contributed by atoms with Crippen molar-refractivity contribution in [3.05, 3.63) is 87.3 Å². The summed E-state index contributed by atoms with van der Waals surface area (Å²) in [5.41, 5.74) is 0.980. The lowest BCUT2D eigenvalue weighted by atomic mass is 9.82. The number of hydrogen-bond donors (Lipinski definition) is 2. The van der Waals surface area contributed by atoms with Crippen molar-refractivity contribution >= 4 is 31.5 Å². The van der Waals surface area contributed by atoms with Gasteiger partial charge in [0.15, 0.2) is 19.7 Å². The quantitative estimate of drug-likeness (QED) is 0.414. The van der Waals surface area contributed by atoms with E-state index in [1.54, 1.807) is 35.4 Å². The van der Waals surface area contributed by atoms with E-state index in [0.717, 1.165) is 5.56 Å². The number of amides is 1. The van der Waals surface area contributed by atoms with Gasteiger partial charge < -0.3 is 24.3 Å². The molecule has 0 radical (unpaired) electrons. The van der Waals surface area contributed by atoms with Gasteiger partial charge in [-0.25, -0.2) is 0 Å². The first-order chi connectivity index (χ1) is 18.5. The second kappa shape index (κ2) is 10.2. The number of methoxy groups -OCH3 is 1. The Morgan fingerprint density at radius 3 is 2.59 bits per heavy atom. The molecule has 1 saturated heterocycles. The highest BCUT2D eigenvalue weighted by Gasteiger charge is 2.66. The van der Waals surface area contributed by atoms with Gasteiger partial charge in [-0.05, 0) is 67.5 Å². The molecular formula is C29H33ClN2O6Si. The van der Waals surface area contributed by atoms with E-state index in [4.69, 9.17) is 21.1 Å². The second-order valence-corrected chi connectivity index (χ2v) is 15.3. The van der Waals surface area contributed by atoms with Crippen LogP contribution in [0.4, 0.5) is 5.69 Å². The van der Waals surface area contributed by atoms with E-state index in [2.05, 4.69) is 0 Å². The summed E-state index contributed by atoms with van der Waals surface area (Å²) in [6.07, 6.45) is 1.54. The van der Waals surface area contributed by atoms with Gasteiger partial charge in [-0.15, -0.1) is 0 Å². The van der Waals surface area contributed by atoms with Crippen LogP contribution in [-0.4, -0.2) is 48.5 Å². The molecule has 1 aromatic heterocycles. The molecule has 3 aromatic rings. The number of benzene rings is 2. The van der Waals surface area contributed by atoms with Gasteiger partial charge in [0, 0.05) is 40.5 Å². The maximum Gasteiger partial charge on any atom is 0.297 e. The van der Waals surface area contributed by atoms with Crippen LogP contribution in [0.15, 0.2) is 65.6 Å². The number of pyridine rings is 1. The maximum atomic E-state index is 14.4. The van der Waals surface area contributed by atoms with Crippen LogP contribution in [0.5, 0.6) is 5.75 Å². The molecule has 3 heterocycles. The van der Waals surface area contributed by atoms with Crippen molar-refractivity contribution in [1.29, 1.82) is 0 Å². The predicted molar refractivity (Wildman–Crippen MR) is 152 cm³/mol. The van der Waals surface area contributed by atoms with Gasteiger partial charge in [0.2, 0.25) is 0 Å². The third kappa shape index (κ3) is 4.52. The third-order valence-electron chi connectivity index (χ3n) is 8.02. The highest BCUT2D eigenvalue weighted by Crippen LogP contribution is 2.60. The fraction of sp³-hybridized carbons (Fsp3) is 0.379. The lowest BCUT2D eigenvalue weighted by Crippen LogP contribution is -2.46. The Balaban J connectivity index is 1.56. The average molecular weight is 569 g/mol. The zero-order chi connectivity index (χ0) is 28.1. The smallest absolute Gasteiger partial charge is 0.297 e. The van der Waals surface area contributed by atoms with Gasteiger partial charge in [-0.1, -0.05) is 30.7 Å². The van der Waals surface area contributed by atoms with Gasteiger partial charge in [0.25, 0.3) is 11.5 Å². The van der Waals surface area contributed by atoms with Crippen LogP contribution in [0.2, 0.25) is 23.7 Å². The van der Waals surface area contributed by atoms with Crippen LogP contribution >= 0.6 is 11.6 Å². The number of fused-ring (bicyclic) bond motifs is 2. The predicted octanol–water partition coefficient (Wildman–Crippen LogP) is 4.23. The average Bonchev–Trinajstić information content (AvgIpc) is 3.31. The molecule has 1 amide bonds. The lowest BCUT2D eigenvalue weighted by Gasteiger charge is -2.32. The molecule has 0 saturated carbocycles. The molecule has 206 valence electrons. The van der Waals surface area contributed by atoms with Crippen LogP contribution in [0, 0.1) is 5.92 Å². The number of aliphatic hydroxyl groups excluding tert-OH is 1. The Bertz CT molecular complexity index is 1470. The van der Waals surface area contributed by atoms with Crippen LogP contribution in [-0.2, 0) is 21.7 Å². The Morgan fingerprint density at radius 1 is 1.13 bits per heavy atom. The van der Waals surface area contributed by atoms with Crippen molar-refractivity contribution in [2.45, 2.75) is 50.2 Å². The van der Waals surface area contributed by atoms with Crippen LogP contribution in [0.25, 0.3) is 5.69 Å². The van der Waals surface area contributed by atoms with Crippen molar-refractivity contribution in [2.24, 2.45) is 5.92 Å². The van der Waals surface area contributed by atoms with Crippen molar-refractivity contribution in [1.82, 2.24) is 4.57 Å². The highest BCUT2D eigenvalue weighted by atomic mass is 35.5. The van der Waals surface area contributed by atoms with E-state index < -0.39 is 20.0 Å². The summed E-state index contributed by atoms with van der Waals surface area (Å²) >= 11 is 6.43. The van der Waals surface area contributed by atoms with Gasteiger partial charge in [0.1, 0.15) is 0 Å². The van der Waals surface area contributed by atoms with Gasteiger partial charge in [-0.3, -0.25) is 14.2 Å². The number of hydrogen-bond acceptors (Lipinski definition) is 6. The number of ether oxygens (including phenoxy) is 2. The SMILES string of the molecule is COc1cccn(-c2cccc(CN3C(=O)[C@]4(O[C@H](CCO)[C@@H]([Si](C)(C)O)[C@@H]4C)c4cc(Cl)ccc43)c2)c1=O. The minimum Gasteiger partial charge on any atom is -0.491 e. The fourth-order valence-corrected chi connectivity index (χ4v) is 9.20. The largest absolute Gasteiger partial charge is 0.491 e. The number of nitrogens with zero attached hydrogens (tertiary/aromatic N) is 2. The van der Waals surface area contributed by atoms with Gasteiger partial charge in [-0.2, -0.15) is 0 Å². The first kappa shape index (κ1) is 27.6. The van der Waals surface area contributed by atoms with Gasteiger partial charge in [0.05, 0.1) is 25.4 Å². The minimum absolute atomic E-state index is 0.106. The third-order valence-corrected chi connectivity index (χ3v) is 10.8. The zero-order valence-electron chi connectivity index (χ0n) is 22.4. The zero-order valence-corrected chi connectivity index (χ0v) is 24.2. The summed E-state index contributed by atoms with van der Waals surface area (Å²) in [6, 6.07) is 16.2. The summed E-state index contributed by atoms with van der Waals surface area (Å²) in [4.78, 5) is 40.1. The molecular weight excluding hydrogens is 536 g/mol. The summed E-state index contributed by atoms with van der Waals surface area (Å²) in [5.74, 6) is -0.322. The van der Waals surface area contributed by atoms with E-state index >= 15 is 0 Å². The molecule has 1 spiro atoms. The highest BCUT2D eigenvalue weighted by molar-refractivity contribution is 6.71. The maximum absolute atomic E-state index is 14.4. The second-order valence-electron chi connectivity index (χ2n) is 10.8. The summed E-state index contributed by atoms with van der Waals surface area (Å²) in [6.45, 7) is 5.79. The molecule has 5 rings (SSSR count). The number of aromatic nitrogens is 1. The number of halogens is 1. The minimum atomic E-state index is -2.78. The molecule has 2 aliphatic heterocycles. The normalized spacial score (nSPS) is 24.4. The summed E-state index contributed by atoms with van der Waals surface area (Å²) < 4.78 is 13.3. The molecule has 39 heavy (non-hydrogen) atoms. The molecule has 1 fully saturated rings. The van der Waals surface area contributed by atoms with E-state index in [1.807, 2.05) is 50.3 Å². The van der Waals surface area contributed by atoms with Gasteiger partial charge >= 0.3 is 0 Å². The lowest BCUT2D eigenvalue weighted by molar-refractivity contribution is -0.146. The monoisotopic (exact) mass is 568 g/mol. The first-order valence-electron chi connectivity index (χ1n) is 13.0. The van der Waals surface area contributed by atoms with Crippen molar-refractivity contribution in [3.8, 4) is 11.4 Å². The van der Waals surface area contributed by atoms with Crippen LogP contribution in [0.1, 0.15) is 24.5 Å². The number of aliphatic hydroxyl groups is 1. The van der Waals surface area contributed by atoms with Crippen molar-refractivity contribution in [2.75, 3.05) is 18.6 Å². The molecule has 10 heteroatoms. The van der Waals surface area contributed by atoms with E-state index in [9.17, 15) is 19.5 Å². The fourth-order valence-electron chi connectivity index (χ4n) is 6.42. The standard InChI is InChI=1S/C29H33ClN2O6Si/c1-18-26(39(3,4)36)24(12-14-33)38-29(18)22-16-20(30)10-11-23(22)32(28(29)35)17-19-7-5-8-21(15-19)31-13-6-9-25(37-2)27(31)34/h5-11,13,15-16,18,24,26,33,36H,12,14,17H2,1-4H3/t18-,24+,26-,29+/m0/s1. The van der Waals surface area contributed by atoms with Crippen molar-refractivity contribution in [3.63, 3.8) is 0 Å². The number of rotatable bonds is 7. The topological polar surface area (TPSA) is 101 Å². The van der Waals surface area contributed by atoms with Crippen molar-refractivity contribution < 1.29 is 24.2 Å². The first-order valence-corrected chi connectivity index (χ1v) is 16.4.